The normalized spacial score (nSPS) is 17.6. The number of anilines is 1. The molecule has 5 nitrogen and oxygen atoms in total. The van der Waals surface area contributed by atoms with Crippen molar-refractivity contribution in [1.82, 2.24) is 4.90 Å². The third kappa shape index (κ3) is 3.71. The lowest BCUT2D eigenvalue weighted by molar-refractivity contribution is -0.129. The van der Waals surface area contributed by atoms with Crippen LogP contribution >= 0.6 is 0 Å². The summed E-state index contributed by atoms with van der Waals surface area (Å²) >= 11 is 0. The van der Waals surface area contributed by atoms with Crippen molar-refractivity contribution >= 4 is 17.5 Å². The summed E-state index contributed by atoms with van der Waals surface area (Å²) in [7, 11) is 1.63. The Morgan fingerprint density at radius 3 is 2.55 bits per heavy atom. The molecule has 1 aliphatic heterocycles. The Bertz CT molecular complexity index is 1010. The third-order valence-electron chi connectivity index (χ3n) is 6.91. The Labute approximate surface area is 184 Å². The first kappa shape index (κ1) is 21.4. The smallest absolute Gasteiger partial charge is 0.255 e. The van der Waals surface area contributed by atoms with Crippen LogP contribution in [-0.4, -0.2) is 29.4 Å². The summed E-state index contributed by atoms with van der Waals surface area (Å²) in [6.07, 6.45) is 4.38. The second-order valence-corrected chi connectivity index (χ2v) is 9.15. The Morgan fingerprint density at radius 2 is 1.87 bits per heavy atom. The highest BCUT2D eigenvalue weighted by Crippen LogP contribution is 2.41. The second kappa shape index (κ2) is 8.37. The molecular formula is C26H32N2O3. The molecule has 0 atom stereocenters. The molecular weight excluding hydrogens is 388 g/mol. The van der Waals surface area contributed by atoms with Crippen molar-refractivity contribution in [2.75, 3.05) is 12.4 Å². The van der Waals surface area contributed by atoms with E-state index in [1.807, 2.05) is 42.2 Å². The van der Waals surface area contributed by atoms with E-state index in [0.29, 0.717) is 31.0 Å². The van der Waals surface area contributed by atoms with Gasteiger partial charge < -0.3 is 15.0 Å². The van der Waals surface area contributed by atoms with Crippen molar-refractivity contribution in [3.63, 3.8) is 0 Å². The molecule has 2 amide bonds. The Balaban J connectivity index is 1.68. The lowest BCUT2D eigenvalue weighted by Gasteiger charge is -2.43. The minimum Gasteiger partial charge on any atom is -0.496 e. The van der Waals surface area contributed by atoms with Crippen LogP contribution in [0.5, 0.6) is 5.75 Å². The summed E-state index contributed by atoms with van der Waals surface area (Å²) in [5, 5.41) is 3.10. The number of hydrogen-bond acceptors (Lipinski definition) is 3. The van der Waals surface area contributed by atoms with Crippen LogP contribution < -0.4 is 10.1 Å². The van der Waals surface area contributed by atoms with Crippen LogP contribution in [0, 0.1) is 6.92 Å². The number of nitrogens with one attached hydrogen (secondary N) is 1. The lowest BCUT2D eigenvalue weighted by Crippen LogP contribution is -2.58. The molecule has 164 valence electrons. The van der Waals surface area contributed by atoms with Gasteiger partial charge in [0.1, 0.15) is 11.3 Å². The zero-order valence-corrected chi connectivity index (χ0v) is 19.0. The van der Waals surface area contributed by atoms with Crippen molar-refractivity contribution in [3.05, 3.63) is 58.7 Å². The number of benzene rings is 2. The van der Waals surface area contributed by atoms with Gasteiger partial charge in [-0.3, -0.25) is 9.59 Å². The van der Waals surface area contributed by atoms with Gasteiger partial charge >= 0.3 is 0 Å². The maximum absolute atomic E-state index is 13.7. The van der Waals surface area contributed by atoms with Crippen molar-refractivity contribution < 1.29 is 14.3 Å². The van der Waals surface area contributed by atoms with Gasteiger partial charge in [-0.15, -0.1) is 0 Å². The first-order valence-corrected chi connectivity index (χ1v) is 11.3. The molecule has 4 rings (SSSR count). The van der Waals surface area contributed by atoms with Crippen LogP contribution in [0.25, 0.3) is 0 Å². The van der Waals surface area contributed by atoms with E-state index in [1.165, 1.54) is 5.56 Å². The molecule has 2 aliphatic rings. The van der Waals surface area contributed by atoms with Crippen molar-refractivity contribution in [3.8, 4) is 5.75 Å². The number of hydrogen-bond donors (Lipinski definition) is 1. The third-order valence-corrected chi connectivity index (χ3v) is 6.91. The molecule has 1 aliphatic carbocycles. The predicted molar refractivity (Wildman–Crippen MR) is 123 cm³/mol. The number of methoxy groups -OCH3 is 1. The van der Waals surface area contributed by atoms with Crippen LogP contribution in [0.2, 0.25) is 0 Å². The zero-order valence-electron chi connectivity index (χ0n) is 19.0. The molecule has 1 N–H and O–H groups in total. The molecule has 0 radical (unpaired) electrons. The zero-order chi connectivity index (χ0) is 22.2. The number of amides is 2. The minimum absolute atomic E-state index is 0.0176. The van der Waals surface area contributed by atoms with Gasteiger partial charge in [-0.1, -0.05) is 51.3 Å². The van der Waals surface area contributed by atoms with Gasteiger partial charge in [0.25, 0.3) is 5.91 Å². The number of carbonyl (C=O) groups excluding carboxylic acids is 2. The summed E-state index contributed by atoms with van der Waals surface area (Å²) in [5.74, 6) is 0.960. The molecule has 0 unspecified atom stereocenters. The molecule has 31 heavy (non-hydrogen) atoms. The van der Waals surface area contributed by atoms with Gasteiger partial charge in [-0.05, 0) is 54.5 Å². The quantitative estimate of drug-likeness (QED) is 0.702. The van der Waals surface area contributed by atoms with E-state index >= 15 is 0 Å². The van der Waals surface area contributed by atoms with Gasteiger partial charge in [-0.25, -0.2) is 0 Å². The topological polar surface area (TPSA) is 58.6 Å². The van der Waals surface area contributed by atoms with Gasteiger partial charge in [0.15, 0.2) is 0 Å². The molecule has 1 saturated carbocycles. The monoisotopic (exact) mass is 420 g/mol. The molecule has 1 heterocycles. The number of fused-ring (bicyclic) bond motifs is 1. The van der Waals surface area contributed by atoms with E-state index in [9.17, 15) is 9.59 Å². The predicted octanol–water partition coefficient (Wildman–Crippen LogP) is 5.42. The first-order chi connectivity index (χ1) is 14.9. The summed E-state index contributed by atoms with van der Waals surface area (Å²) in [5.41, 5.74) is 3.92. The molecule has 2 aromatic rings. The standard InChI is InChI=1S/C26H32N2O3/c1-17(2)20-9-8-10-21-22(20)16-28(24(21)29)26(13-6-5-7-14-26)25(30)27-19-12-11-18(3)23(15-19)31-4/h8-12,15,17H,5-7,13-14,16H2,1-4H3,(H,27,30). The SMILES string of the molecule is COc1cc(NC(=O)C2(N3Cc4c(cccc4C(C)C)C3=O)CCCCC2)ccc1C. The van der Waals surface area contributed by atoms with Crippen molar-refractivity contribution in [1.29, 1.82) is 0 Å². The minimum atomic E-state index is -0.819. The summed E-state index contributed by atoms with van der Waals surface area (Å²) in [6.45, 7) is 6.78. The van der Waals surface area contributed by atoms with Crippen molar-refractivity contribution in [2.45, 2.75) is 70.9 Å². The van der Waals surface area contributed by atoms with E-state index in [4.69, 9.17) is 4.74 Å². The number of carbonyl (C=O) groups is 2. The Kier molecular flexibility index (Phi) is 5.78. The lowest BCUT2D eigenvalue weighted by atomic mass is 9.79. The maximum atomic E-state index is 13.7. The number of rotatable bonds is 5. The van der Waals surface area contributed by atoms with Crippen LogP contribution in [0.1, 0.15) is 78.9 Å². The highest BCUT2D eigenvalue weighted by Gasteiger charge is 2.50. The van der Waals surface area contributed by atoms with E-state index in [1.54, 1.807) is 7.11 Å². The van der Waals surface area contributed by atoms with E-state index in [0.717, 1.165) is 41.7 Å². The molecule has 0 bridgehead atoms. The summed E-state index contributed by atoms with van der Waals surface area (Å²) in [6, 6.07) is 11.6. The Morgan fingerprint density at radius 1 is 1.13 bits per heavy atom. The summed E-state index contributed by atoms with van der Waals surface area (Å²) < 4.78 is 5.42. The Hall–Kier alpha value is -2.82. The molecule has 0 saturated heterocycles. The highest BCUT2D eigenvalue weighted by atomic mass is 16.5. The maximum Gasteiger partial charge on any atom is 0.255 e. The molecule has 0 spiro atoms. The van der Waals surface area contributed by atoms with Crippen molar-refractivity contribution in [2.24, 2.45) is 0 Å². The fourth-order valence-corrected chi connectivity index (χ4v) is 5.14. The average molecular weight is 421 g/mol. The second-order valence-electron chi connectivity index (χ2n) is 9.15. The van der Waals surface area contributed by atoms with Crippen LogP contribution in [0.4, 0.5) is 5.69 Å². The fraction of sp³-hybridized carbons (Fsp3) is 0.462. The van der Waals surface area contributed by atoms with Gasteiger partial charge in [-0.2, -0.15) is 0 Å². The average Bonchev–Trinajstić information content (AvgIpc) is 3.12. The molecule has 0 aromatic heterocycles. The van der Waals surface area contributed by atoms with Gasteiger partial charge in [0, 0.05) is 23.9 Å². The van der Waals surface area contributed by atoms with E-state index < -0.39 is 5.54 Å². The van der Waals surface area contributed by atoms with Gasteiger partial charge in [0.05, 0.1) is 7.11 Å². The van der Waals surface area contributed by atoms with E-state index in [2.05, 4.69) is 25.2 Å². The molecule has 2 aromatic carbocycles. The van der Waals surface area contributed by atoms with Crippen LogP contribution in [0.3, 0.4) is 0 Å². The number of nitrogens with zero attached hydrogens (tertiary/aromatic N) is 1. The van der Waals surface area contributed by atoms with Crippen LogP contribution in [-0.2, 0) is 11.3 Å². The number of ether oxygens (including phenoxy) is 1. The first-order valence-electron chi connectivity index (χ1n) is 11.3. The molecule has 1 fully saturated rings. The van der Waals surface area contributed by atoms with Gasteiger partial charge in [0.2, 0.25) is 5.91 Å². The largest absolute Gasteiger partial charge is 0.496 e. The highest BCUT2D eigenvalue weighted by molar-refractivity contribution is 6.06. The molecule has 5 heteroatoms. The summed E-state index contributed by atoms with van der Waals surface area (Å²) in [4.78, 5) is 29.1. The van der Waals surface area contributed by atoms with E-state index in [-0.39, 0.29) is 11.8 Å². The van der Waals surface area contributed by atoms with Crippen LogP contribution in [0.15, 0.2) is 36.4 Å². The fourth-order valence-electron chi connectivity index (χ4n) is 5.14. The number of aryl methyl sites for hydroxylation is 1.